The first kappa shape index (κ1) is 22.5. The van der Waals surface area contributed by atoms with E-state index >= 15 is 0 Å². The molecule has 31 heavy (non-hydrogen) atoms. The Bertz CT molecular complexity index is 1150. The normalized spacial score (nSPS) is 12.4. The van der Waals surface area contributed by atoms with E-state index in [1.807, 2.05) is 6.92 Å². The molecule has 3 rings (SSSR count). The molecule has 1 N–H and O–H groups in total. The molecule has 0 unspecified atom stereocenters. The van der Waals surface area contributed by atoms with E-state index in [-0.39, 0.29) is 16.7 Å². The van der Waals surface area contributed by atoms with Crippen molar-refractivity contribution in [1.29, 1.82) is 0 Å². The van der Waals surface area contributed by atoms with Gasteiger partial charge in [0.25, 0.3) is 0 Å². The number of ether oxygens (including phenoxy) is 3. The molecular weight excluding hydrogens is 427 g/mol. The van der Waals surface area contributed by atoms with Gasteiger partial charge in [-0.25, -0.2) is 17.5 Å². The molecule has 0 saturated heterocycles. The fourth-order valence-corrected chi connectivity index (χ4v) is 4.15. The van der Waals surface area contributed by atoms with Crippen molar-refractivity contribution in [3.8, 4) is 23.3 Å². The molecule has 0 aliphatic heterocycles. The van der Waals surface area contributed by atoms with Gasteiger partial charge in [-0.3, -0.25) is 4.57 Å². The Hall–Kier alpha value is -3.18. The van der Waals surface area contributed by atoms with E-state index in [2.05, 4.69) is 14.9 Å². The van der Waals surface area contributed by atoms with Crippen molar-refractivity contribution in [2.45, 2.75) is 31.3 Å². The Morgan fingerprint density at radius 3 is 2.35 bits per heavy atom. The lowest BCUT2D eigenvalue weighted by Gasteiger charge is -2.16. The van der Waals surface area contributed by atoms with Gasteiger partial charge >= 0.3 is 6.01 Å². The predicted octanol–water partition coefficient (Wildman–Crippen LogP) is 3.29. The molecule has 1 atom stereocenters. The fraction of sp³-hybridized carbons (Fsp3) is 0.300. The largest absolute Gasteiger partial charge is 0.493 e. The van der Waals surface area contributed by atoms with Crippen molar-refractivity contribution in [3.05, 3.63) is 54.1 Å². The van der Waals surface area contributed by atoms with Gasteiger partial charge in [0.2, 0.25) is 10.0 Å². The fourth-order valence-electron chi connectivity index (χ4n) is 2.94. The second-order valence-corrected chi connectivity index (χ2v) is 8.21. The summed E-state index contributed by atoms with van der Waals surface area (Å²) in [4.78, 5) is 0.0161. The summed E-state index contributed by atoms with van der Waals surface area (Å²) in [5.74, 6) is 1.08. The maximum Gasteiger partial charge on any atom is 0.322 e. The second-order valence-electron chi connectivity index (χ2n) is 6.50. The van der Waals surface area contributed by atoms with Crippen molar-refractivity contribution in [1.82, 2.24) is 19.5 Å². The highest BCUT2D eigenvalue weighted by atomic mass is 32.2. The van der Waals surface area contributed by atoms with Crippen molar-refractivity contribution in [2.75, 3.05) is 14.2 Å². The van der Waals surface area contributed by atoms with Crippen LogP contribution in [0.1, 0.15) is 25.7 Å². The van der Waals surface area contributed by atoms with Gasteiger partial charge in [-0.2, -0.15) is 0 Å². The number of methoxy groups -OCH3 is 2. The summed E-state index contributed by atoms with van der Waals surface area (Å²) in [7, 11) is -0.999. The molecular formula is C20H23FN4O5S. The van der Waals surface area contributed by atoms with Crippen LogP contribution in [0.4, 0.5) is 4.39 Å². The summed E-state index contributed by atoms with van der Waals surface area (Å²) >= 11 is 0. The average Bonchev–Trinajstić information content (AvgIpc) is 3.17. The lowest BCUT2D eigenvalue weighted by atomic mass is 10.3. The summed E-state index contributed by atoms with van der Waals surface area (Å²) in [5.41, 5.74) is 0. The number of hydrogen-bond donors (Lipinski definition) is 1. The van der Waals surface area contributed by atoms with Gasteiger partial charge < -0.3 is 14.2 Å². The maximum atomic E-state index is 13.1. The van der Waals surface area contributed by atoms with Gasteiger partial charge in [0.05, 0.1) is 25.2 Å². The second kappa shape index (κ2) is 9.31. The standard InChI is InChI=1S/C20H23FN4O5S/c1-5-25-19(22-23-20(25)30-15-8-6-14(21)7-9-15)13(2)24-31(26,27)16-10-11-17(28-3)18(12-16)29-4/h6-13,24H,5H2,1-4H3/t13-/m1/s1. The van der Waals surface area contributed by atoms with Crippen molar-refractivity contribution in [3.63, 3.8) is 0 Å². The van der Waals surface area contributed by atoms with Crippen LogP contribution in [0.15, 0.2) is 47.4 Å². The minimum Gasteiger partial charge on any atom is -0.493 e. The number of benzene rings is 2. The molecule has 0 aliphatic carbocycles. The first-order chi connectivity index (χ1) is 14.8. The minimum atomic E-state index is -3.89. The summed E-state index contributed by atoms with van der Waals surface area (Å²) in [6, 6.07) is 9.23. The van der Waals surface area contributed by atoms with Gasteiger partial charge in [-0.1, -0.05) is 5.10 Å². The van der Waals surface area contributed by atoms with E-state index in [4.69, 9.17) is 14.2 Å². The summed E-state index contributed by atoms with van der Waals surface area (Å²) in [6.07, 6.45) is 0. The van der Waals surface area contributed by atoms with Gasteiger partial charge in [0.1, 0.15) is 11.6 Å². The van der Waals surface area contributed by atoms with Crippen LogP contribution in [0, 0.1) is 5.82 Å². The van der Waals surface area contributed by atoms with Crippen molar-refractivity contribution >= 4 is 10.0 Å². The van der Waals surface area contributed by atoms with Crippen LogP contribution in [0.25, 0.3) is 0 Å². The Kier molecular flexibility index (Phi) is 6.76. The zero-order chi connectivity index (χ0) is 22.6. The number of hydrogen-bond acceptors (Lipinski definition) is 7. The molecule has 0 amide bonds. The zero-order valence-electron chi connectivity index (χ0n) is 17.5. The summed E-state index contributed by atoms with van der Waals surface area (Å²) in [6.45, 7) is 3.93. The van der Waals surface area contributed by atoms with Crippen LogP contribution < -0.4 is 18.9 Å². The minimum absolute atomic E-state index is 0.0161. The third-order valence-corrected chi connectivity index (χ3v) is 6.01. The number of halogens is 1. The third-order valence-electron chi connectivity index (χ3n) is 4.47. The van der Waals surface area contributed by atoms with Gasteiger partial charge in [-0.15, -0.1) is 5.10 Å². The van der Waals surface area contributed by atoms with Gasteiger partial charge in [0, 0.05) is 12.6 Å². The molecule has 0 aliphatic rings. The number of nitrogens with one attached hydrogen (secondary N) is 1. The summed E-state index contributed by atoms with van der Waals surface area (Å²) < 4.78 is 59.1. The number of nitrogens with zero attached hydrogens (tertiary/aromatic N) is 3. The van der Waals surface area contributed by atoms with E-state index in [0.29, 0.717) is 29.6 Å². The first-order valence-electron chi connectivity index (χ1n) is 9.40. The Morgan fingerprint density at radius 1 is 1.06 bits per heavy atom. The predicted molar refractivity (Wildman–Crippen MR) is 110 cm³/mol. The van der Waals surface area contributed by atoms with Gasteiger partial charge in [-0.05, 0) is 50.2 Å². The molecule has 0 fully saturated rings. The molecule has 9 nitrogen and oxygen atoms in total. The summed E-state index contributed by atoms with van der Waals surface area (Å²) in [5, 5.41) is 8.09. The Balaban J connectivity index is 1.83. The molecule has 11 heteroatoms. The maximum absolute atomic E-state index is 13.1. The van der Waals surface area contributed by atoms with E-state index in [1.165, 1.54) is 56.7 Å². The number of sulfonamides is 1. The monoisotopic (exact) mass is 450 g/mol. The average molecular weight is 450 g/mol. The molecule has 1 heterocycles. The smallest absolute Gasteiger partial charge is 0.322 e. The van der Waals surface area contributed by atoms with Crippen molar-refractivity contribution < 1.29 is 27.0 Å². The Labute approximate surface area is 179 Å². The van der Waals surface area contributed by atoms with Crippen LogP contribution in [-0.4, -0.2) is 37.4 Å². The molecule has 2 aromatic carbocycles. The van der Waals surface area contributed by atoms with E-state index in [9.17, 15) is 12.8 Å². The Morgan fingerprint density at radius 2 is 1.74 bits per heavy atom. The van der Waals surface area contributed by atoms with Crippen molar-refractivity contribution in [2.24, 2.45) is 0 Å². The van der Waals surface area contributed by atoms with Crippen LogP contribution in [-0.2, 0) is 16.6 Å². The molecule has 0 spiro atoms. The number of aromatic nitrogens is 3. The SMILES string of the molecule is CCn1c(Oc2ccc(F)cc2)nnc1[C@@H](C)NS(=O)(=O)c1ccc(OC)c(OC)c1. The van der Waals surface area contributed by atoms with E-state index in [1.54, 1.807) is 11.5 Å². The third kappa shape index (κ3) is 4.94. The van der Waals surface area contributed by atoms with Crippen LogP contribution >= 0.6 is 0 Å². The lowest BCUT2D eigenvalue weighted by molar-refractivity contribution is 0.354. The van der Waals surface area contributed by atoms with Crippen LogP contribution in [0.2, 0.25) is 0 Å². The molecule has 3 aromatic rings. The van der Waals surface area contributed by atoms with E-state index in [0.717, 1.165) is 0 Å². The number of rotatable bonds is 9. The molecule has 166 valence electrons. The van der Waals surface area contributed by atoms with E-state index < -0.39 is 16.1 Å². The van der Waals surface area contributed by atoms with Gasteiger partial charge in [0.15, 0.2) is 17.3 Å². The molecule has 0 radical (unpaired) electrons. The highest BCUT2D eigenvalue weighted by Crippen LogP contribution is 2.30. The topological polar surface area (TPSA) is 105 Å². The lowest BCUT2D eigenvalue weighted by Crippen LogP contribution is -2.29. The quantitative estimate of drug-likeness (QED) is 0.533. The van der Waals surface area contributed by atoms with Crippen LogP contribution in [0.5, 0.6) is 23.3 Å². The highest BCUT2D eigenvalue weighted by molar-refractivity contribution is 7.89. The molecule has 0 bridgehead atoms. The molecule has 0 saturated carbocycles. The zero-order valence-corrected chi connectivity index (χ0v) is 18.3. The highest BCUT2D eigenvalue weighted by Gasteiger charge is 2.25. The van der Waals surface area contributed by atoms with Crippen LogP contribution in [0.3, 0.4) is 0 Å². The first-order valence-corrected chi connectivity index (χ1v) is 10.9. The molecule has 1 aromatic heterocycles.